The van der Waals surface area contributed by atoms with Crippen LogP contribution in [-0.4, -0.2) is 9.97 Å². The fraction of sp³-hybridized carbons (Fsp3) is 0.0909. The van der Waals surface area contributed by atoms with Gasteiger partial charge in [-0.3, -0.25) is 0 Å². The second-order valence-corrected chi connectivity index (χ2v) is 3.48. The molecule has 0 aliphatic heterocycles. The van der Waals surface area contributed by atoms with Crippen LogP contribution in [0.2, 0.25) is 0 Å². The van der Waals surface area contributed by atoms with Gasteiger partial charge in [-0.15, -0.1) is 0 Å². The van der Waals surface area contributed by atoms with Gasteiger partial charge >= 0.3 is 0 Å². The Labute approximate surface area is 93.5 Å². The zero-order valence-corrected chi connectivity index (χ0v) is 8.94. The highest BCUT2D eigenvalue weighted by Crippen LogP contribution is 2.19. The van der Waals surface area contributed by atoms with Crippen LogP contribution in [0.25, 0.3) is 0 Å². The highest BCUT2D eigenvalue weighted by atomic mass is 15.1. The number of hydrogen-bond acceptors (Lipinski definition) is 5. The molecule has 1 heterocycles. The first kappa shape index (κ1) is 10.2. The fourth-order valence-corrected chi connectivity index (χ4v) is 1.40. The minimum absolute atomic E-state index is 0.163. The van der Waals surface area contributed by atoms with E-state index in [1.165, 1.54) is 0 Å². The molecule has 0 bridgehead atoms. The Morgan fingerprint density at radius 3 is 2.56 bits per heavy atom. The summed E-state index contributed by atoms with van der Waals surface area (Å²) < 4.78 is 0. The minimum atomic E-state index is 0.163. The van der Waals surface area contributed by atoms with Gasteiger partial charge in [0, 0.05) is 11.8 Å². The predicted octanol–water partition coefficient (Wildman–Crippen LogP) is 1.69. The zero-order chi connectivity index (χ0) is 11.5. The van der Waals surface area contributed by atoms with E-state index in [2.05, 4.69) is 15.3 Å². The van der Waals surface area contributed by atoms with Gasteiger partial charge in [0.1, 0.15) is 11.6 Å². The third-order valence-electron chi connectivity index (χ3n) is 2.17. The van der Waals surface area contributed by atoms with Crippen molar-refractivity contribution in [3.8, 4) is 0 Å². The van der Waals surface area contributed by atoms with Crippen molar-refractivity contribution in [1.29, 1.82) is 0 Å². The van der Waals surface area contributed by atoms with Crippen LogP contribution >= 0.6 is 0 Å². The number of rotatable bonds is 2. The minimum Gasteiger partial charge on any atom is -0.383 e. The van der Waals surface area contributed by atoms with Crippen molar-refractivity contribution < 1.29 is 0 Å². The Kier molecular flexibility index (Phi) is 2.59. The molecule has 2 rings (SSSR count). The van der Waals surface area contributed by atoms with Crippen LogP contribution in [0.1, 0.15) is 5.56 Å². The van der Waals surface area contributed by atoms with Crippen molar-refractivity contribution in [2.45, 2.75) is 6.92 Å². The second-order valence-electron chi connectivity index (χ2n) is 3.48. The number of para-hydroxylation sites is 1. The van der Waals surface area contributed by atoms with Crippen LogP contribution in [-0.2, 0) is 0 Å². The molecular weight excluding hydrogens is 202 g/mol. The molecule has 0 unspecified atom stereocenters. The molecular formula is C11H13N5. The molecule has 5 N–H and O–H groups in total. The van der Waals surface area contributed by atoms with Crippen molar-refractivity contribution in [3.63, 3.8) is 0 Å². The zero-order valence-electron chi connectivity index (χ0n) is 8.94. The molecule has 0 atom stereocenters. The molecule has 16 heavy (non-hydrogen) atoms. The number of aromatic nitrogens is 2. The number of nitrogens with two attached hydrogens (primary N) is 2. The highest BCUT2D eigenvalue weighted by Gasteiger charge is 2.01. The molecule has 1 aromatic heterocycles. The number of nitrogen functional groups attached to an aromatic ring is 2. The monoisotopic (exact) mass is 215 g/mol. The third-order valence-corrected chi connectivity index (χ3v) is 2.17. The van der Waals surface area contributed by atoms with Crippen LogP contribution in [0.3, 0.4) is 0 Å². The van der Waals surface area contributed by atoms with Crippen LogP contribution < -0.4 is 16.8 Å². The van der Waals surface area contributed by atoms with E-state index in [1.807, 2.05) is 31.2 Å². The van der Waals surface area contributed by atoms with Crippen LogP contribution in [0, 0.1) is 6.92 Å². The molecule has 0 aliphatic rings. The van der Waals surface area contributed by atoms with Crippen LogP contribution in [0.15, 0.2) is 30.3 Å². The van der Waals surface area contributed by atoms with Crippen molar-refractivity contribution in [1.82, 2.24) is 9.97 Å². The molecule has 0 radical (unpaired) electrons. The Morgan fingerprint density at radius 1 is 1.12 bits per heavy atom. The summed E-state index contributed by atoms with van der Waals surface area (Å²) in [6.45, 7) is 2.01. The average Bonchev–Trinajstić information content (AvgIpc) is 2.20. The van der Waals surface area contributed by atoms with Gasteiger partial charge in [0.15, 0.2) is 0 Å². The fourth-order valence-electron chi connectivity index (χ4n) is 1.40. The first-order chi connectivity index (χ1) is 7.65. The number of aryl methyl sites for hydroxylation is 1. The lowest BCUT2D eigenvalue weighted by Gasteiger charge is -2.08. The maximum atomic E-state index is 5.58. The molecule has 5 heteroatoms. The summed E-state index contributed by atoms with van der Waals surface area (Å²) in [4.78, 5) is 7.85. The molecule has 0 saturated heterocycles. The van der Waals surface area contributed by atoms with Gasteiger partial charge < -0.3 is 16.8 Å². The van der Waals surface area contributed by atoms with Crippen molar-refractivity contribution in [2.24, 2.45) is 0 Å². The second kappa shape index (κ2) is 4.06. The summed E-state index contributed by atoms with van der Waals surface area (Å²) in [6, 6.07) is 9.54. The topological polar surface area (TPSA) is 89.8 Å². The highest BCUT2D eigenvalue weighted by molar-refractivity contribution is 5.62. The summed E-state index contributed by atoms with van der Waals surface area (Å²) in [5.74, 6) is 1.11. The molecule has 0 saturated carbocycles. The average molecular weight is 215 g/mol. The summed E-state index contributed by atoms with van der Waals surface area (Å²) >= 11 is 0. The van der Waals surface area contributed by atoms with Gasteiger partial charge in [-0.25, -0.2) is 0 Å². The number of hydrogen-bond donors (Lipinski definition) is 3. The quantitative estimate of drug-likeness (QED) is 0.709. The first-order valence-corrected chi connectivity index (χ1v) is 4.88. The maximum Gasteiger partial charge on any atom is 0.223 e. The number of nitrogens with one attached hydrogen (secondary N) is 1. The molecule has 5 nitrogen and oxygen atoms in total. The number of anilines is 4. The summed E-state index contributed by atoms with van der Waals surface area (Å²) in [7, 11) is 0. The Hall–Kier alpha value is -2.30. The standard InChI is InChI=1S/C11H13N5/c1-7-4-2-3-5-8(7)14-10-6-9(12)15-11(13)16-10/h2-6H,1H3,(H5,12,13,14,15,16). The molecule has 0 fully saturated rings. The summed E-state index contributed by atoms with van der Waals surface area (Å²) in [5.41, 5.74) is 13.2. The predicted molar refractivity (Wildman–Crippen MR) is 65.3 cm³/mol. The van der Waals surface area contributed by atoms with E-state index in [-0.39, 0.29) is 5.95 Å². The van der Waals surface area contributed by atoms with E-state index in [9.17, 15) is 0 Å². The summed E-state index contributed by atoms with van der Waals surface area (Å²) in [6.07, 6.45) is 0. The maximum absolute atomic E-state index is 5.58. The lowest BCUT2D eigenvalue weighted by molar-refractivity contribution is 1.19. The van der Waals surface area contributed by atoms with E-state index in [0.717, 1.165) is 11.3 Å². The Bertz CT molecular complexity index is 489. The first-order valence-electron chi connectivity index (χ1n) is 4.88. The molecule has 0 aliphatic carbocycles. The van der Waals surface area contributed by atoms with Crippen LogP contribution in [0.5, 0.6) is 0 Å². The third kappa shape index (κ3) is 2.20. The van der Waals surface area contributed by atoms with E-state index < -0.39 is 0 Å². The van der Waals surface area contributed by atoms with Gasteiger partial charge in [-0.05, 0) is 18.6 Å². The van der Waals surface area contributed by atoms with E-state index in [1.54, 1.807) is 6.07 Å². The van der Waals surface area contributed by atoms with Crippen molar-refractivity contribution >= 4 is 23.3 Å². The normalized spacial score (nSPS) is 10.1. The van der Waals surface area contributed by atoms with Gasteiger partial charge in [-0.1, -0.05) is 18.2 Å². The number of benzene rings is 1. The molecule has 2 aromatic rings. The lowest BCUT2D eigenvalue weighted by Crippen LogP contribution is -2.03. The molecule has 1 aromatic carbocycles. The summed E-state index contributed by atoms with van der Waals surface area (Å²) in [5, 5.41) is 3.14. The van der Waals surface area contributed by atoms with Gasteiger partial charge in [0.25, 0.3) is 0 Å². The van der Waals surface area contributed by atoms with E-state index in [0.29, 0.717) is 11.6 Å². The smallest absolute Gasteiger partial charge is 0.223 e. The van der Waals surface area contributed by atoms with Gasteiger partial charge in [-0.2, -0.15) is 9.97 Å². The molecule has 82 valence electrons. The van der Waals surface area contributed by atoms with Crippen molar-refractivity contribution in [3.05, 3.63) is 35.9 Å². The Morgan fingerprint density at radius 2 is 1.88 bits per heavy atom. The Balaban J connectivity index is 2.30. The van der Waals surface area contributed by atoms with E-state index in [4.69, 9.17) is 11.5 Å². The largest absolute Gasteiger partial charge is 0.383 e. The van der Waals surface area contributed by atoms with Crippen molar-refractivity contribution in [2.75, 3.05) is 16.8 Å². The van der Waals surface area contributed by atoms with Crippen LogP contribution in [0.4, 0.5) is 23.3 Å². The molecule has 0 amide bonds. The van der Waals surface area contributed by atoms with Gasteiger partial charge in [0.2, 0.25) is 5.95 Å². The number of nitrogens with zero attached hydrogens (tertiary/aromatic N) is 2. The van der Waals surface area contributed by atoms with E-state index >= 15 is 0 Å². The van der Waals surface area contributed by atoms with Gasteiger partial charge in [0.05, 0.1) is 0 Å². The SMILES string of the molecule is Cc1ccccc1Nc1cc(N)nc(N)n1. The molecule has 0 spiro atoms. The lowest BCUT2D eigenvalue weighted by atomic mass is 10.2.